The van der Waals surface area contributed by atoms with Crippen molar-refractivity contribution in [2.75, 3.05) is 20.3 Å². The highest BCUT2D eigenvalue weighted by molar-refractivity contribution is 5.00. The Morgan fingerprint density at radius 3 is 2.44 bits per heavy atom. The molecule has 0 fully saturated rings. The summed E-state index contributed by atoms with van der Waals surface area (Å²) >= 11 is 0. The van der Waals surface area contributed by atoms with Gasteiger partial charge in [0.05, 0.1) is 12.3 Å². The number of ether oxygens (including phenoxy) is 2. The molecule has 0 spiro atoms. The molecule has 4 nitrogen and oxygen atoms in total. The highest BCUT2D eigenvalue weighted by atomic mass is 16.7. The van der Waals surface area contributed by atoms with Gasteiger partial charge in [-0.25, -0.2) is 0 Å². The molecule has 0 saturated carbocycles. The van der Waals surface area contributed by atoms with Gasteiger partial charge < -0.3 is 19.2 Å². The van der Waals surface area contributed by atoms with Gasteiger partial charge in [-0.3, -0.25) is 0 Å². The fourth-order valence-electron chi connectivity index (χ4n) is 1.59. The number of rotatable bonds is 8. The lowest BCUT2D eigenvalue weighted by Crippen LogP contribution is -2.42. The molecule has 0 aliphatic rings. The fourth-order valence-corrected chi connectivity index (χ4v) is 1.59. The van der Waals surface area contributed by atoms with Crippen LogP contribution in [0.5, 0.6) is 0 Å². The zero-order valence-electron chi connectivity index (χ0n) is 10.2. The van der Waals surface area contributed by atoms with E-state index in [9.17, 15) is 0 Å². The maximum Gasteiger partial charge on any atom is 0.173 e. The predicted molar refractivity (Wildman–Crippen MR) is 62.3 cm³/mol. The van der Waals surface area contributed by atoms with Crippen LogP contribution < -0.4 is 5.32 Å². The van der Waals surface area contributed by atoms with Gasteiger partial charge >= 0.3 is 0 Å². The Morgan fingerprint density at radius 1 is 1.31 bits per heavy atom. The average molecular weight is 227 g/mol. The van der Waals surface area contributed by atoms with Crippen molar-refractivity contribution in [2.24, 2.45) is 0 Å². The molecule has 1 aromatic heterocycles. The minimum Gasteiger partial charge on any atom is -0.469 e. The average Bonchev–Trinajstić information content (AvgIpc) is 2.78. The molecule has 92 valence electrons. The summed E-state index contributed by atoms with van der Waals surface area (Å²) in [6, 6.07) is 3.95. The Labute approximate surface area is 96.9 Å². The van der Waals surface area contributed by atoms with Crippen LogP contribution in [0.15, 0.2) is 22.8 Å². The molecule has 0 amide bonds. The number of likely N-dealkylation sites (N-methyl/N-ethyl adjacent to an activating group) is 1. The van der Waals surface area contributed by atoms with Gasteiger partial charge in [0.15, 0.2) is 6.29 Å². The van der Waals surface area contributed by atoms with E-state index in [0.29, 0.717) is 13.2 Å². The summed E-state index contributed by atoms with van der Waals surface area (Å²) in [6.07, 6.45) is 2.21. The third-order valence-corrected chi connectivity index (χ3v) is 2.36. The second kappa shape index (κ2) is 7.44. The third-order valence-electron chi connectivity index (χ3n) is 2.36. The van der Waals surface area contributed by atoms with E-state index in [2.05, 4.69) is 5.32 Å². The molecule has 0 aliphatic heterocycles. The van der Waals surface area contributed by atoms with Gasteiger partial charge in [0.2, 0.25) is 0 Å². The Morgan fingerprint density at radius 2 is 2.00 bits per heavy atom. The molecule has 1 rings (SSSR count). The topological polar surface area (TPSA) is 43.6 Å². The summed E-state index contributed by atoms with van der Waals surface area (Å²) in [7, 11) is 1.90. The van der Waals surface area contributed by atoms with Crippen molar-refractivity contribution in [1.29, 1.82) is 0 Å². The zero-order valence-corrected chi connectivity index (χ0v) is 10.2. The molecule has 0 bridgehead atoms. The molecule has 0 aromatic carbocycles. The maximum absolute atomic E-state index is 5.56. The Kier molecular flexibility index (Phi) is 6.15. The molecule has 1 atom stereocenters. The first-order valence-electron chi connectivity index (χ1n) is 5.74. The minimum atomic E-state index is -0.231. The van der Waals surface area contributed by atoms with E-state index >= 15 is 0 Å². The molecule has 0 saturated heterocycles. The first kappa shape index (κ1) is 13.2. The van der Waals surface area contributed by atoms with E-state index < -0.39 is 0 Å². The Bertz CT molecular complexity index is 255. The van der Waals surface area contributed by atoms with Crippen molar-refractivity contribution in [1.82, 2.24) is 5.32 Å². The van der Waals surface area contributed by atoms with Crippen LogP contribution in [-0.4, -0.2) is 32.6 Å². The molecule has 0 aliphatic carbocycles. The monoisotopic (exact) mass is 227 g/mol. The second-order valence-electron chi connectivity index (χ2n) is 3.46. The first-order valence-corrected chi connectivity index (χ1v) is 5.74. The molecule has 4 heteroatoms. The number of hydrogen-bond donors (Lipinski definition) is 1. The summed E-state index contributed by atoms with van der Waals surface area (Å²) in [6.45, 7) is 5.21. The van der Waals surface area contributed by atoms with Crippen molar-refractivity contribution in [3.8, 4) is 0 Å². The van der Waals surface area contributed by atoms with Crippen LogP contribution in [0.25, 0.3) is 0 Å². The summed E-state index contributed by atoms with van der Waals surface area (Å²) in [5.74, 6) is 0.934. The molecule has 1 unspecified atom stereocenters. The van der Waals surface area contributed by atoms with Crippen LogP contribution in [0, 0.1) is 0 Å². The molecule has 1 N–H and O–H groups in total. The Balaban J connectivity index is 2.55. The third kappa shape index (κ3) is 3.96. The van der Waals surface area contributed by atoms with Crippen molar-refractivity contribution in [3.05, 3.63) is 24.2 Å². The summed E-state index contributed by atoms with van der Waals surface area (Å²) in [4.78, 5) is 0. The zero-order chi connectivity index (χ0) is 11.8. The van der Waals surface area contributed by atoms with Crippen LogP contribution in [0.3, 0.4) is 0 Å². The van der Waals surface area contributed by atoms with Crippen molar-refractivity contribution < 1.29 is 13.9 Å². The van der Waals surface area contributed by atoms with Gasteiger partial charge in [0, 0.05) is 19.6 Å². The summed E-state index contributed by atoms with van der Waals surface area (Å²) in [5.41, 5.74) is 0. The summed E-state index contributed by atoms with van der Waals surface area (Å²) < 4.78 is 16.4. The standard InChI is InChI=1S/C12H21NO3/c1-4-14-12(15-5-2)11(13-3)9-10-7-6-8-16-10/h6-8,11-13H,4-5,9H2,1-3H3. The molecule has 1 aromatic rings. The van der Waals surface area contributed by atoms with E-state index in [1.807, 2.05) is 33.0 Å². The molecule has 0 radical (unpaired) electrons. The van der Waals surface area contributed by atoms with Crippen LogP contribution in [0.2, 0.25) is 0 Å². The van der Waals surface area contributed by atoms with Crippen molar-refractivity contribution >= 4 is 0 Å². The minimum absolute atomic E-state index is 0.103. The quantitative estimate of drug-likeness (QED) is 0.688. The summed E-state index contributed by atoms with van der Waals surface area (Å²) in [5, 5.41) is 3.20. The van der Waals surface area contributed by atoms with Crippen LogP contribution in [0.4, 0.5) is 0 Å². The van der Waals surface area contributed by atoms with Gasteiger partial charge in [0.1, 0.15) is 5.76 Å². The normalized spacial score (nSPS) is 13.2. The van der Waals surface area contributed by atoms with Gasteiger partial charge in [-0.15, -0.1) is 0 Å². The Hall–Kier alpha value is -0.840. The fraction of sp³-hybridized carbons (Fsp3) is 0.667. The van der Waals surface area contributed by atoms with Gasteiger partial charge in [-0.2, -0.15) is 0 Å². The van der Waals surface area contributed by atoms with E-state index in [1.165, 1.54) is 0 Å². The lowest BCUT2D eigenvalue weighted by atomic mass is 10.1. The number of furan rings is 1. The smallest absolute Gasteiger partial charge is 0.173 e. The van der Waals surface area contributed by atoms with Crippen LogP contribution >= 0.6 is 0 Å². The van der Waals surface area contributed by atoms with Gasteiger partial charge in [-0.1, -0.05) is 0 Å². The molecule has 1 heterocycles. The SMILES string of the molecule is CCOC(OCC)C(Cc1ccco1)NC. The highest BCUT2D eigenvalue weighted by Crippen LogP contribution is 2.10. The van der Waals surface area contributed by atoms with E-state index in [0.717, 1.165) is 12.2 Å². The van der Waals surface area contributed by atoms with Crippen molar-refractivity contribution in [3.63, 3.8) is 0 Å². The largest absolute Gasteiger partial charge is 0.469 e. The lowest BCUT2D eigenvalue weighted by Gasteiger charge is -2.25. The molecular weight excluding hydrogens is 206 g/mol. The van der Waals surface area contributed by atoms with E-state index in [-0.39, 0.29) is 12.3 Å². The van der Waals surface area contributed by atoms with E-state index in [1.54, 1.807) is 6.26 Å². The van der Waals surface area contributed by atoms with Crippen molar-refractivity contribution in [2.45, 2.75) is 32.6 Å². The van der Waals surface area contributed by atoms with E-state index in [4.69, 9.17) is 13.9 Å². The van der Waals surface area contributed by atoms with Crippen LogP contribution in [0.1, 0.15) is 19.6 Å². The van der Waals surface area contributed by atoms with Gasteiger partial charge in [-0.05, 0) is 33.0 Å². The molecular formula is C12H21NO3. The second-order valence-corrected chi connectivity index (χ2v) is 3.46. The van der Waals surface area contributed by atoms with Crippen LogP contribution in [-0.2, 0) is 15.9 Å². The molecule has 16 heavy (non-hydrogen) atoms. The predicted octanol–water partition coefficient (Wildman–Crippen LogP) is 1.81. The highest BCUT2D eigenvalue weighted by Gasteiger charge is 2.21. The number of nitrogens with one attached hydrogen (secondary N) is 1. The van der Waals surface area contributed by atoms with Gasteiger partial charge in [0.25, 0.3) is 0 Å². The maximum atomic E-state index is 5.56. The first-order chi connectivity index (χ1) is 7.81. The number of hydrogen-bond acceptors (Lipinski definition) is 4. The lowest BCUT2D eigenvalue weighted by molar-refractivity contribution is -0.153.